The van der Waals surface area contributed by atoms with E-state index in [1.54, 1.807) is 0 Å². The Labute approximate surface area is 156 Å². The first-order valence-electron chi connectivity index (χ1n) is 8.17. The molecule has 2 heterocycles. The highest BCUT2D eigenvalue weighted by atomic mass is 127. The van der Waals surface area contributed by atoms with Gasteiger partial charge in [-0.25, -0.2) is 0 Å². The molecule has 0 radical (unpaired) electrons. The molecule has 130 valence electrons. The molecule has 0 bridgehead atoms. The monoisotopic (exact) mass is 432 g/mol. The summed E-state index contributed by atoms with van der Waals surface area (Å²) in [5.41, 5.74) is 2.31. The van der Waals surface area contributed by atoms with Crippen LogP contribution in [0.25, 0.3) is 0 Å². The van der Waals surface area contributed by atoms with Crippen LogP contribution in [0, 0.1) is 12.8 Å². The number of guanidine groups is 1. The summed E-state index contributed by atoms with van der Waals surface area (Å²) < 4.78 is 5.53. The fourth-order valence-corrected chi connectivity index (χ4v) is 2.74. The number of aromatic nitrogens is 1. The number of hydrogen-bond acceptors (Lipinski definition) is 3. The van der Waals surface area contributed by atoms with Crippen molar-refractivity contribution in [1.82, 2.24) is 15.2 Å². The van der Waals surface area contributed by atoms with E-state index >= 15 is 0 Å². The van der Waals surface area contributed by atoms with Gasteiger partial charge in [0.05, 0.1) is 6.61 Å². The lowest BCUT2D eigenvalue weighted by molar-refractivity contribution is 0.114. The lowest BCUT2D eigenvalue weighted by atomic mass is 10.1. The fraction of sp³-hybridized carbons (Fsp3) is 0.647. The summed E-state index contributed by atoms with van der Waals surface area (Å²) in [4.78, 5) is 11.1. The van der Waals surface area contributed by atoms with Gasteiger partial charge >= 0.3 is 0 Å². The van der Waals surface area contributed by atoms with E-state index in [0.29, 0.717) is 5.92 Å². The summed E-state index contributed by atoms with van der Waals surface area (Å²) in [5, 5.41) is 3.46. The Balaban J connectivity index is 0.00000264. The van der Waals surface area contributed by atoms with Crippen LogP contribution in [-0.2, 0) is 11.2 Å². The first kappa shape index (κ1) is 20.2. The molecule has 5 nitrogen and oxygen atoms in total. The molecule has 1 N–H and O–H groups in total. The molecule has 1 aliphatic rings. The minimum atomic E-state index is 0. The Hall–Kier alpha value is -0.890. The lowest BCUT2D eigenvalue weighted by Crippen LogP contribution is -2.41. The number of ether oxygens (including phenoxy) is 1. The normalized spacial score (nSPS) is 18.0. The molecule has 1 atom stereocenters. The van der Waals surface area contributed by atoms with Gasteiger partial charge in [-0.15, -0.1) is 24.0 Å². The molecule has 0 amide bonds. The molecular formula is C17H29IN4O. The molecule has 1 aromatic heterocycles. The van der Waals surface area contributed by atoms with E-state index in [4.69, 9.17) is 4.74 Å². The van der Waals surface area contributed by atoms with Gasteiger partial charge in [-0.2, -0.15) is 0 Å². The van der Waals surface area contributed by atoms with Crippen LogP contribution in [-0.4, -0.2) is 55.7 Å². The summed E-state index contributed by atoms with van der Waals surface area (Å²) in [7, 11) is 1.85. The number of halogens is 1. The summed E-state index contributed by atoms with van der Waals surface area (Å²) in [6.45, 7) is 8.69. The number of hydrogen-bond donors (Lipinski definition) is 1. The molecule has 1 unspecified atom stereocenters. The first-order valence-corrected chi connectivity index (χ1v) is 8.17. The molecular weight excluding hydrogens is 403 g/mol. The number of aryl methyl sites for hydroxylation is 1. The second-order valence-corrected chi connectivity index (χ2v) is 5.79. The highest BCUT2D eigenvalue weighted by molar-refractivity contribution is 14.0. The molecule has 0 aliphatic carbocycles. The smallest absolute Gasteiger partial charge is 0.193 e. The zero-order valence-corrected chi connectivity index (χ0v) is 16.7. The Kier molecular flexibility index (Phi) is 9.47. The molecule has 1 saturated heterocycles. The quantitative estimate of drug-likeness (QED) is 0.427. The minimum Gasteiger partial charge on any atom is -0.381 e. The van der Waals surface area contributed by atoms with Gasteiger partial charge in [0.2, 0.25) is 0 Å². The van der Waals surface area contributed by atoms with Gasteiger partial charge in [-0.1, -0.05) is 6.07 Å². The van der Waals surface area contributed by atoms with Crippen molar-refractivity contribution >= 4 is 29.9 Å². The number of pyridine rings is 1. The van der Waals surface area contributed by atoms with Crippen LogP contribution >= 0.6 is 24.0 Å². The van der Waals surface area contributed by atoms with E-state index in [1.807, 2.05) is 27.1 Å². The number of likely N-dealkylation sites (tertiary alicyclic amines) is 1. The van der Waals surface area contributed by atoms with Crippen LogP contribution in [0.2, 0.25) is 0 Å². The van der Waals surface area contributed by atoms with E-state index in [2.05, 4.69) is 32.3 Å². The van der Waals surface area contributed by atoms with Crippen molar-refractivity contribution in [1.29, 1.82) is 0 Å². The second-order valence-electron chi connectivity index (χ2n) is 5.79. The molecule has 2 rings (SSSR count). The van der Waals surface area contributed by atoms with Gasteiger partial charge in [0.25, 0.3) is 0 Å². The summed E-state index contributed by atoms with van der Waals surface area (Å²) in [6, 6.07) is 4.20. The Morgan fingerprint density at radius 3 is 2.96 bits per heavy atom. The van der Waals surface area contributed by atoms with Gasteiger partial charge in [-0.3, -0.25) is 9.98 Å². The molecule has 6 heteroatoms. The van der Waals surface area contributed by atoms with Gasteiger partial charge in [-0.05, 0) is 38.3 Å². The molecule has 1 fully saturated rings. The molecule has 23 heavy (non-hydrogen) atoms. The van der Waals surface area contributed by atoms with Crippen molar-refractivity contribution in [3.8, 4) is 0 Å². The summed E-state index contributed by atoms with van der Waals surface area (Å²) in [5.74, 6) is 1.62. The molecule has 0 saturated carbocycles. The van der Waals surface area contributed by atoms with Crippen LogP contribution in [0.3, 0.4) is 0 Å². The number of aliphatic imine (C=N–C) groups is 1. The summed E-state index contributed by atoms with van der Waals surface area (Å²) >= 11 is 0. The van der Waals surface area contributed by atoms with E-state index in [0.717, 1.165) is 50.9 Å². The number of nitrogens with one attached hydrogen (secondary N) is 1. The highest BCUT2D eigenvalue weighted by Gasteiger charge is 2.24. The third kappa shape index (κ3) is 6.63. The van der Waals surface area contributed by atoms with E-state index in [9.17, 15) is 0 Å². The van der Waals surface area contributed by atoms with Crippen molar-refractivity contribution in [2.24, 2.45) is 10.9 Å². The van der Waals surface area contributed by atoms with Crippen molar-refractivity contribution in [3.05, 3.63) is 29.6 Å². The van der Waals surface area contributed by atoms with Gasteiger partial charge in [0.15, 0.2) is 5.96 Å². The van der Waals surface area contributed by atoms with Crippen LogP contribution < -0.4 is 5.32 Å². The third-order valence-corrected chi connectivity index (χ3v) is 4.02. The highest BCUT2D eigenvalue weighted by Crippen LogP contribution is 2.16. The average Bonchev–Trinajstić information content (AvgIpc) is 3.00. The van der Waals surface area contributed by atoms with Gasteiger partial charge in [0.1, 0.15) is 0 Å². The minimum absolute atomic E-state index is 0. The Bertz CT molecular complexity index is 478. The van der Waals surface area contributed by atoms with Crippen LogP contribution in [0.15, 0.2) is 23.3 Å². The molecule has 0 aromatic carbocycles. The summed E-state index contributed by atoms with van der Waals surface area (Å²) in [6.07, 6.45) is 4.10. The van der Waals surface area contributed by atoms with E-state index < -0.39 is 0 Å². The Morgan fingerprint density at radius 1 is 1.48 bits per heavy atom. The molecule has 0 spiro atoms. The number of rotatable bonds is 6. The maximum atomic E-state index is 5.53. The third-order valence-electron chi connectivity index (χ3n) is 4.02. The first-order chi connectivity index (χ1) is 10.7. The number of nitrogens with zero attached hydrogens (tertiary/aromatic N) is 3. The van der Waals surface area contributed by atoms with Crippen LogP contribution in [0.5, 0.6) is 0 Å². The van der Waals surface area contributed by atoms with E-state index in [-0.39, 0.29) is 24.0 Å². The molecule has 1 aromatic rings. The zero-order chi connectivity index (χ0) is 15.8. The largest absolute Gasteiger partial charge is 0.381 e. The van der Waals surface area contributed by atoms with Crippen LogP contribution in [0.4, 0.5) is 0 Å². The average molecular weight is 432 g/mol. The standard InChI is InChI=1S/C17H28N4O.HI/c1-4-22-13-16-8-10-21(12-16)17(18-3)19-9-7-15-6-5-14(2)20-11-15;/h5-6,11,16H,4,7-10,12-13H2,1-3H3,(H,18,19);1H. The predicted molar refractivity (Wildman–Crippen MR) is 106 cm³/mol. The zero-order valence-electron chi connectivity index (χ0n) is 14.4. The van der Waals surface area contributed by atoms with Gasteiger partial charge in [0, 0.05) is 51.1 Å². The van der Waals surface area contributed by atoms with Crippen molar-refractivity contribution in [3.63, 3.8) is 0 Å². The predicted octanol–water partition coefficient (Wildman–Crippen LogP) is 2.48. The second kappa shape index (κ2) is 10.8. The maximum Gasteiger partial charge on any atom is 0.193 e. The van der Waals surface area contributed by atoms with Crippen molar-refractivity contribution in [2.75, 3.05) is 39.9 Å². The SMILES string of the molecule is CCOCC1CCN(C(=NC)NCCc2ccc(C)nc2)C1.I. The van der Waals surface area contributed by atoms with Crippen molar-refractivity contribution in [2.45, 2.75) is 26.7 Å². The van der Waals surface area contributed by atoms with Crippen LogP contribution in [0.1, 0.15) is 24.6 Å². The topological polar surface area (TPSA) is 49.8 Å². The maximum absolute atomic E-state index is 5.53. The fourth-order valence-electron chi connectivity index (χ4n) is 2.74. The van der Waals surface area contributed by atoms with E-state index in [1.165, 1.54) is 12.0 Å². The van der Waals surface area contributed by atoms with Gasteiger partial charge < -0.3 is 15.0 Å². The lowest BCUT2D eigenvalue weighted by Gasteiger charge is -2.21. The van der Waals surface area contributed by atoms with Crippen molar-refractivity contribution < 1.29 is 4.74 Å². The Morgan fingerprint density at radius 2 is 2.30 bits per heavy atom. The molecule has 1 aliphatic heterocycles.